The third kappa shape index (κ3) is 3.48. The molecule has 0 aromatic rings. The minimum absolute atomic E-state index is 0.225. The van der Waals surface area contributed by atoms with Crippen molar-refractivity contribution in [3.8, 4) is 0 Å². The molecule has 0 heterocycles. The maximum atomic E-state index is 5.53. The van der Waals surface area contributed by atoms with Crippen LogP contribution in [0.4, 0.5) is 0 Å². The Labute approximate surface area is 101 Å². The third-order valence-corrected chi connectivity index (χ3v) is 3.51. The standard InChI is InChI=1S/C15H26O/c1-6-16-13(3)9-10-14-12(2)8-7-11-15(14,4)5/h9-10,13H,6-8,11H2,1-5H3/b10-9+/t13-/m0/s1. The molecule has 1 rings (SSSR count). The van der Waals surface area contributed by atoms with Gasteiger partial charge in [0.05, 0.1) is 6.10 Å². The zero-order valence-corrected chi connectivity index (χ0v) is 11.5. The van der Waals surface area contributed by atoms with Crippen LogP contribution in [-0.2, 0) is 4.74 Å². The molecule has 16 heavy (non-hydrogen) atoms. The molecule has 1 heteroatoms. The Kier molecular flexibility index (Phi) is 4.79. The number of ether oxygens (including phenoxy) is 1. The molecule has 1 nitrogen and oxygen atoms in total. The van der Waals surface area contributed by atoms with Gasteiger partial charge in [0.15, 0.2) is 0 Å². The monoisotopic (exact) mass is 222 g/mol. The molecular weight excluding hydrogens is 196 g/mol. The summed E-state index contributed by atoms with van der Waals surface area (Å²) in [5, 5.41) is 0. The zero-order chi connectivity index (χ0) is 12.2. The summed E-state index contributed by atoms with van der Waals surface area (Å²) in [5.74, 6) is 0. The van der Waals surface area contributed by atoms with Crippen molar-refractivity contribution in [3.05, 3.63) is 23.3 Å². The molecule has 1 aliphatic carbocycles. The van der Waals surface area contributed by atoms with E-state index in [0.717, 1.165) is 6.61 Å². The van der Waals surface area contributed by atoms with Crippen molar-refractivity contribution in [2.75, 3.05) is 6.61 Å². The summed E-state index contributed by atoms with van der Waals surface area (Å²) in [6.07, 6.45) is 8.59. The van der Waals surface area contributed by atoms with E-state index in [1.54, 1.807) is 5.57 Å². The van der Waals surface area contributed by atoms with E-state index in [9.17, 15) is 0 Å². The van der Waals surface area contributed by atoms with Crippen molar-refractivity contribution >= 4 is 0 Å². The van der Waals surface area contributed by atoms with Crippen LogP contribution in [0, 0.1) is 5.41 Å². The second-order valence-electron chi connectivity index (χ2n) is 5.45. The maximum absolute atomic E-state index is 5.53. The molecule has 92 valence electrons. The average molecular weight is 222 g/mol. The van der Waals surface area contributed by atoms with Crippen molar-refractivity contribution < 1.29 is 4.74 Å². The van der Waals surface area contributed by atoms with E-state index in [1.807, 2.05) is 6.92 Å². The first-order chi connectivity index (χ1) is 7.47. The molecule has 0 aliphatic heterocycles. The summed E-state index contributed by atoms with van der Waals surface area (Å²) in [6, 6.07) is 0. The van der Waals surface area contributed by atoms with Crippen molar-refractivity contribution in [2.24, 2.45) is 5.41 Å². The fraction of sp³-hybridized carbons (Fsp3) is 0.733. The molecule has 0 radical (unpaired) electrons. The normalized spacial score (nSPS) is 22.8. The van der Waals surface area contributed by atoms with Gasteiger partial charge < -0.3 is 4.74 Å². The van der Waals surface area contributed by atoms with Crippen LogP contribution in [0.2, 0.25) is 0 Å². The smallest absolute Gasteiger partial charge is 0.0730 e. The Bertz CT molecular complexity index is 284. The molecule has 1 atom stereocenters. The molecule has 0 aromatic carbocycles. The van der Waals surface area contributed by atoms with Crippen molar-refractivity contribution in [1.29, 1.82) is 0 Å². The Morgan fingerprint density at radius 2 is 2.12 bits per heavy atom. The second kappa shape index (κ2) is 5.67. The fourth-order valence-electron chi connectivity index (χ4n) is 2.56. The highest BCUT2D eigenvalue weighted by molar-refractivity contribution is 5.32. The van der Waals surface area contributed by atoms with E-state index in [0.29, 0.717) is 5.41 Å². The van der Waals surface area contributed by atoms with Crippen LogP contribution in [0.15, 0.2) is 23.3 Å². The Balaban J connectivity index is 2.77. The van der Waals surface area contributed by atoms with Crippen LogP contribution in [-0.4, -0.2) is 12.7 Å². The molecule has 0 bridgehead atoms. The van der Waals surface area contributed by atoms with E-state index in [2.05, 4.69) is 39.8 Å². The highest BCUT2D eigenvalue weighted by atomic mass is 16.5. The van der Waals surface area contributed by atoms with Crippen molar-refractivity contribution in [1.82, 2.24) is 0 Å². The minimum Gasteiger partial charge on any atom is -0.375 e. The van der Waals surface area contributed by atoms with Crippen LogP contribution < -0.4 is 0 Å². The van der Waals surface area contributed by atoms with Crippen LogP contribution in [0.25, 0.3) is 0 Å². The first kappa shape index (κ1) is 13.5. The van der Waals surface area contributed by atoms with Crippen LogP contribution in [0.1, 0.15) is 53.9 Å². The summed E-state index contributed by atoms with van der Waals surface area (Å²) in [4.78, 5) is 0. The second-order valence-corrected chi connectivity index (χ2v) is 5.45. The van der Waals surface area contributed by atoms with Crippen LogP contribution in [0.3, 0.4) is 0 Å². The van der Waals surface area contributed by atoms with Gasteiger partial charge in [-0.1, -0.05) is 31.6 Å². The molecule has 1 aliphatic rings. The molecule has 0 aromatic heterocycles. The summed E-state index contributed by atoms with van der Waals surface area (Å²) in [7, 11) is 0. The molecule has 0 amide bonds. The zero-order valence-electron chi connectivity index (χ0n) is 11.5. The van der Waals surface area contributed by atoms with E-state index < -0.39 is 0 Å². The van der Waals surface area contributed by atoms with Gasteiger partial charge in [0.25, 0.3) is 0 Å². The number of hydrogen-bond donors (Lipinski definition) is 0. The maximum Gasteiger partial charge on any atom is 0.0730 e. The molecule has 0 fully saturated rings. The van der Waals surface area contributed by atoms with Gasteiger partial charge >= 0.3 is 0 Å². The van der Waals surface area contributed by atoms with Crippen molar-refractivity contribution in [2.45, 2.75) is 60.0 Å². The predicted molar refractivity (Wildman–Crippen MR) is 70.6 cm³/mol. The summed E-state index contributed by atoms with van der Waals surface area (Å²) >= 11 is 0. The van der Waals surface area contributed by atoms with Gasteiger partial charge in [0.1, 0.15) is 0 Å². The van der Waals surface area contributed by atoms with Gasteiger partial charge in [-0.3, -0.25) is 0 Å². The summed E-state index contributed by atoms with van der Waals surface area (Å²) < 4.78 is 5.53. The number of rotatable bonds is 4. The molecule has 0 unspecified atom stereocenters. The first-order valence-corrected chi connectivity index (χ1v) is 6.47. The van der Waals surface area contributed by atoms with Crippen LogP contribution in [0.5, 0.6) is 0 Å². The summed E-state index contributed by atoms with van der Waals surface area (Å²) in [6.45, 7) is 11.9. The van der Waals surface area contributed by atoms with Gasteiger partial charge in [-0.25, -0.2) is 0 Å². The van der Waals surface area contributed by atoms with Crippen molar-refractivity contribution in [3.63, 3.8) is 0 Å². The van der Waals surface area contributed by atoms with Crippen LogP contribution >= 0.6 is 0 Å². The average Bonchev–Trinajstić information content (AvgIpc) is 2.16. The van der Waals surface area contributed by atoms with Gasteiger partial charge in [-0.2, -0.15) is 0 Å². The number of allylic oxidation sites excluding steroid dienone is 3. The first-order valence-electron chi connectivity index (χ1n) is 6.47. The topological polar surface area (TPSA) is 9.23 Å². The van der Waals surface area contributed by atoms with Gasteiger partial charge in [0, 0.05) is 6.61 Å². The van der Waals surface area contributed by atoms with E-state index in [1.165, 1.54) is 24.8 Å². The SMILES string of the molecule is CCO[C@@H](C)/C=C/C1=C(C)CCCC1(C)C. The Hall–Kier alpha value is -0.560. The highest BCUT2D eigenvalue weighted by Crippen LogP contribution is 2.40. The van der Waals surface area contributed by atoms with Gasteiger partial charge in [-0.15, -0.1) is 0 Å². The van der Waals surface area contributed by atoms with Gasteiger partial charge in [0.2, 0.25) is 0 Å². The largest absolute Gasteiger partial charge is 0.375 e. The molecular formula is C15H26O. The summed E-state index contributed by atoms with van der Waals surface area (Å²) in [5.41, 5.74) is 3.41. The quantitative estimate of drug-likeness (QED) is 0.680. The highest BCUT2D eigenvalue weighted by Gasteiger charge is 2.26. The predicted octanol–water partition coefficient (Wildman–Crippen LogP) is 4.49. The molecule has 0 saturated heterocycles. The van der Waals surface area contributed by atoms with E-state index in [4.69, 9.17) is 4.74 Å². The molecule has 0 saturated carbocycles. The lowest BCUT2D eigenvalue weighted by molar-refractivity contribution is 0.109. The minimum atomic E-state index is 0.225. The number of hydrogen-bond acceptors (Lipinski definition) is 1. The molecule has 0 spiro atoms. The lowest BCUT2D eigenvalue weighted by atomic mass is 9.72. The lowest BCUT2D eigenvalue weighted by Crippen LogP contribution is -2.19. The third-order valence-electron chi connectivity index (χ3n) is 3.51. The Morgan fingerprint density at radius 3 is 2.69 bits per heavy atom. The lowest BCUT2D eigenvalue weighted by Gasteiger charge is -2.33. The Morgan fingerprint density at radius 1 is 1.44 bits per heavy atom. The van der Waals surface area contributed by atoms with Gasteiger partial charge in [-0.05, 0) is 51.0 Å². The van der Waals surface area contributed by atoms with E-state index >= 15 is 0 Å². The molecule has 0 N–H and O–H groups in total. The van der Waals surface area contributed by atoms with E-state index in [-0.39, 0.29) is 6.10 Å². The fourth-order valence-corrected chi connectivity index (χ4v) is 2.56.